The molecule has 1 fully saturated rings. The molecule has 0 aromatic heterocycles. The van der Waals surface area contributed by atoms with E-state index in [0.717, 1.165) is 0 Å². The van der Waals surface area contributed by atoms with Crippen molar-refractivity contribution in [3.63, 3.8) is 0 Å². The lowest BCUT2D eigenvalue weighted by Crippen LogP contribution is -2.55. The lowest BCUT2D eigenvalue weighted by Gasteiger charge is -2.35. The molecule has 1 unspecified atom stereocenters. The molecule has 0 aliphatic carbocycles. The number of carbonyl (C=O) groups is 3. The second-order valence-corrected chi connectivity index (χ2v) is 6.44. The first-order chi connectivity index (χ1) is 9.61. The third kappa shape index (κ3) is 5.34. The standard InChI is InChI=1S/C14H25N3O4/c1-10(15-13(21)14(2,3)4)12(20)17-7-5-16(6-8-17)9-11(18)19/h10H,5-9H2,1-4H3,(H,15,21)(H,18,19). The fourth-order valence-electron chi connectivity index (χ4n) is 2.07. The Labute approximate surface area is 125 Å². The minimum atomic E-state index is -0.861. The zero-order valence-electron chi connectivity index (χ0n) is 13.2. The number of amides is 2. The van der Waals surface area contributed by atoms with Gasteiger partial charge in [0.25, 0.3) is 0 Å². The highest BCUT2D eigenvalue weighted by molar-refractivity contribution is 5.89. The predicted molar refractivity (Wildman–Crippen MR) is 77.7 cm³/mol. The van der Waals surface area contributed by atoms with Crippen LogP contribution in [-0.4, -0.2) is 71.5 Å². The number of hydrogen-bond donors (Lipinski definition) is 2. The Morgan fingerprint density at radius 3 is 2.10 bits per heavy atom. The van der Waals surface area contributed by atoms with E-state index in [4.69, 9.17) is 5.11 Å². The maximum atomic E-state index is 12.3. The number of piperazine rings is 1. The van der Waals surface area contributed by atoms with Crippen molar-refractivity contribution in [1.82, 2.24) is 15.1 Å². The van der Waals surface area contributed by atoms with Gasteiger partial charge in [-0.2, -0.15) is 0 Å². The van der Waals surface area contributed by atoms with Crippen LogP contribution in [0.5, 0.6) is 0 Å². The molecular weight excluding hydrogens is 274 g/mol. The first-order valence-electron chi connectivity index (χ1n) is 7.15. The topological polar surface area (TPSA) is 90.0 Å². The van der Waals surface area contributed by atoms with Crippen molar-refractivity contribution in [3.8, 4) is 0 Å². The van der Waals surface area contributed by atoms with Crippen LogP contribution in [0.3, 0.4) is 0 Å². The Morgan fingerprint density at radius 2 is 1.67 bits per heavy atom. The number of rotatable bonds is 4. The molecule has 1 saturated heterocycles. The maximum absolute atomic E-state index is 12.3. The largest absolute Gasteiger partial charge is 0.480 e. The Morgan fingerprint density at radius 1 is 1.14 bits per heavy atom. The van der Waals surface area contributed by atoms with E-state index in [-0.39, 0.29) is 18.4 Å². The molecule has 21 heavy (non-hydrogen) atoms. The summed E-state index contributed by atoms with van der Waals surface area (Å²) in [6, 6.07) is -0.567. The molecule has 7 nitrogen and oxygen atoms in total. The summed E-state index contributed by atoms with van der Waals surface area (Å²) in [6.45, 7) is 9.12. The fourth-order valence-corrected chi connectivity index (χ4v) is 2.07. The van der Waals surface area contributed by atoms with Crippen molar-refractivity contribution in [1.29, 1.82) is 0 Å². The Balaban J connectivity index is 2.46. The van der Waals surface area contributed by atoms with Gasteiger partial charge >= 0.3 is 5.97 Å². The zero-order chi connectivity index (χ0) is 16.2. The second-order valence-electron chi connectivity index (χ2n) is 6.44. The van der Waals surface area contributed by atoms with Crippen molar-refractivity contribution in [2.75, 3.05) is 32.7 Å². The molecule has 2 amide bonds. The monoisotopic (exact) mass is 299 g/mol. The third-order valence-corrected chi connectivity index (χ3v) is 3.44. The maximum Gasteiger partial charge on any atom is 0.317 e. The molecule has 0 aromatic carbocycles. The normalized spacial score (nSPS) is 18.2. The minimum Gasteiger partial charge on any atom is -0.480 e. The van der Waals surface area contributed by atoms with Crippen LogP contribution >= 0.6 is 0 Å². The van der Waals surface area contributed by atoms with Crippen molar-refractivity contribution >= 4 is 17.8 Å². The molecule has 2 N–H and O–H groups in total. The van der Waals surface area contributed by atoms with Crippen LogP contribution in [0.15, 0.2) is 0 Å². The van der Waals surface area contributed by atoms with Gasteiger partial charge < -0.3 is 15.3 Å². The molecule has 120 valence electrons. The lowest BCUT2D eigenvalue weighted by atomic mass is 9.95. The molecule has 1 atom stereocenters. The lowest BCUT2D eigenvalue weighted by molar-refractivity contribution is -0.141. The number of nitrogens with one attached hydrogen (secondary N) is 1. The van der Waals surface area contributed by atoms with E-state index in [1.165, 1.54) is 0 Å². The number of carboxylic acid groups (broad SMARTS) is 1. The molecule has 7 heteroatoms. The number of nitrogens with zero attached hydrogens (tertiary/aromatic N) is 2. The first kappa shape index (κ1) is 17.4. The van der Waals surface area contributed by atoms with Gasteiger partial charge in [-0.05, 0) is 6.92 Å². The summed E-state index contributed by atoms with van der Waals surface area (Å²) in [6.07, 6.45) is 0. The van der Waals surface area contributed by atoms with Gasteiger partial charge in [-0.3, -0.25) is 19.3 Å². The number of carboxylic acids is 1. The van der Waals surface area contributed by atoms with Gasteiger partial charge in [0, 0.05) is 31.6 Å². The van der Waals surface area contributed by atoms with Crippen LogP contribution in [-0.2, 0) is 14.4 Å². The van der Waals surface area contributed by atoms with Gasteiger partial charge in [0.2, 0.25) is 11.8 Å². The van der Waals surface area contributed by atoms with E-state index in [0.29, 0.717) is 26.2 Å². The summed E-state index contributed by atoms with van der Waals surface area (Å²) in [7, 11) is 0. The Hall–Kier alpha value is -1.63. The summed E-state index contributed by atoms with van der Waals surface area (Å²) in [5.74, 6) is -1.14. The molecule has 0 bridgehead atoms. The molecule has 0 spiro atoms. The smallest absolute Gasteiger partial charge is 0.317 e. The zero-order valence-corrected chi connectivity index (χ0v) is 13.2. The highest BCUT2D eigenvalue weighted by Gasteiger charge is 2.29. The van der Waals surface area contributed by atoms with Gasteiger partial charge in [-0.25, -0.2) is 0 Å². The van der Waals surface area contributed by atoms with Crippen molar-refractivity contribution < 1.29 is 19.5 Å². The van der Waals surface area contributed by atoms with Crippen LogP contribution in [0, 0.1) is 5.41 Å². The van der Waals surface area contributed by atoms with E-state index in [1.54, 1.807) is 37.5 Å². The average Bonchev–Trinajstić information content (AvgIpc) is 2.36. The summed E-state index contributed by atoms with van der Waals surface area (Å²) in [5, 5.41) is 11.5. The molecule has 1 rings (SSSR count). The number of aliphatic carboxylic acids is 1. The van der Waals surface area contributed by atoms with Crippen molar-refractivity contribution in [2.45, 2.75) is 33.7 Å². The number of hydrogen-bond acceptors (Lipinski definition) is 4. The van der Waals surface area contributed by atoms with Gasteiger partial charge in [0.1, 0.15) is 6.04 Å². The van der Waals surface area contributed by atoms with Gasteiger partial charge in [-0.1, -0.05) is 20.8 Å². The molecule has 0 radical (unpaired) electrons. The first-order valence-corrected chi connectivity index (χ1v) is 7.15. The Kier molecular flexibility index (Phi) is 5.71. The summed E-state index contributed by atoms with van der Waals surface area (Å²) in [5.41, 5.74) is -0.533. The molecule has 0 aromatic rings. The average molecular weight is 299 g/mol. The third-order valence-electron chi connectivity index (χ3n) is 3.44. The Bertz CT molecular complexity index is 409. The van der Waals surface area contributed by atoms with E-state index in [9.17, 15) is 14.4 Å². The highest BCUT2D eigenvalue weighted by atomic mass is 16.4. The molecular formula is C14H25N3O4. The van der Waals surface area contributed by atoms with Crippen molar-refractivity contribution in [2.24, 2.45) is 5.41 Å². The summed E-state index contributed by atoms with van der Waals surface area (Å²) < 4.78 is 0. The SMILES string of the molecule is CC(NC(=O)C(C)(C)C)C(=O)N1CCN(CC(=O)O)CC1. The molecule has 0 saturated carbocycles. The van der Waals surface area contributed by atoms with Crippen LogP contribution < -0.4 is 5.32 Å². The van der Waals surface area contributed by atoms with Gasteiger partial charge in [0.05, 0.1) is 6.54 Å². The highest BCUT2D eigenvalue weighted by Crippen LogP contribution is 2.13. The van der Waals surface area contributed by atoms with Gasteiger partial charge in [0.15, 0.2) is 0 Å². The summed E-state index contributed by atoms with van der Waals surface area (Å²) >= 11 is 0. The quantitative estimate of drug-likeness (QED) is 0.748. The summed E-state index contributed by atoms with van der Waals surface area (Å²) in [4.78, 5) is 38.3. The van der Waals surface area contributed by atoms with Crippen LogP contribution in [0.1, 0.15) is 27.7 Å². The fraction of sp³-hybridized carbons (Fsp3) is 0.786. The van der Waals surface area contributed by atoms with Crippen LogP contribution in [0.4, 0.5) is 0 Å². The van der Waals surface area contributed by atoms with Crippen LogP contribution in [0.25, 0.3) is 0 Å². The van der Waals surface area contributed by atoms with E-state index in [2.05, 4.69) is 5.32 Å². The predicted octanol–water partition coefficient (Wildman–Crippen LogP) is -0.234. The van der Waals surface area contributed by atoms with E-state index >= 15 is 0 Å². The molecule has 1 heterocycles. The van der Waals surface area contributed by atoms with E-state index in [1.807, 2.05) is 0 Å². The van der Waals surface area contributed by atoms with E-state index < -0.39 is 17.4 Å². The number of carbonyl (C=O) groups excluding carboxylic acids is 2. The minimum absolute atomic E-state index is 0.00164. The molecule has 1 aliphatic rings. The molecule has 1 aliphatic heterocycles. The van der Waals surface area contributed by atoms with Crippen molar-refractivity contribution in [3.05, 3.63) is 0 Å². The van der Waals surface area contributed by atoms with Crippen LogP contribution in [0.2, 0.25) is 0 Å². The second kappa shape index (κ2) is 6.89. The van der Waals surface area contributed by atoms with Gasteiger partial charge in [-0.15, -0.1) is 0 Å².